The van der Waals surface area contributed by atoms with Gasteiger partial charge in [-0.25, -0.2) is 9.67 Å². The van der Waals surface area contributed by atoms with Crippen LogP contribution in [0.1, 0.15) is 41.5 Å². The molecule has 104 valence electrons. The van der Waals surface area contributed by atoms with Crippen LogP contribution in [0.2, 0.25) is 0 Å². The minimum atomic E-state index is 0.216. The number of benzene rings is 1. The van der Waals surface area contributed by atoms with Crippen LogP contribution in [-0.4, -0.2) is 20.5 Å². The van der Waals surface area contributed by atoms with Crippen LogP contribution in [0.4, 0.5) is 0 Å². The molecule has 0 bridgehead atoms. The van der Waals surface area contributed by atoms with Crippen molar-refractivity contribution < 1.29 is 9.53 Å². The monoisotopic (exact) mass is 271 g/mol. The first kappa shape index (κ1) is 12.8. The van der Waals surface area contributed by atoms with Crippen molar-refractivity contribution in [2.24, 2.45) is 0 Å². The summed E-state index contributed by atoms with van der Waals surface area (Å²) in [6.45, 7) is 3.16. The highest BCUT2D eigenvalue weighted by Gasteiger charge is 2.20. The third kappa shape index (κ3) is 2.31. The van der Waals surface area contributed by atoms with Crippen LogP contribution in [0.5, 0.6) is 5.75 Å². The summed E-state index contributed by atoms with van der Waals surface area (Å²) in [5.74, 6) is 1.81. The van der Waals surface area contributed by atoms with Gasteiger partial charge < -0.3 is 4.74 Å². The summed E-state index contributed by atoms with van der Waals surface area (Å²) in [4.78, 5) is 16.1. The standard InChI is InChI=1S/C15H17N3O2/c1-2-18-15(16-10-17-18)9-20-14-8-4-5-11-12(14)6-3-7-13(11)19/h4-5,8,10H,2-3,6-7,9H2,1H3. The number of rotatable bonds is 4. The number of carbonyl (C=O) groups is 1. The van der Waals surface area contributed by atoms with Gasteiger partial charge in [-0.15, -0.1) is 0 Å². The summed E-state index contributed by atoms with van der Waals surface area (Å²) in [6.07, 6.45) is 3.97. The van der Waals surface area contributed by atoms with Crippen LogP contribution in [0, 0.1) is 0 Å². The molecule has 2 aromatic rings. The topological polar surface area (TPSA) is 57.0 Å². The van der Waals surface area contributed by atoms with Gasteiger partial charge in [0.1, 0.15) is 18.7 Å². The summed E-state index contributed by atoms with van der Waals surface area (Å²) in [5.41, 5.74) is 1.84. The molecule has 5 nitrogen and oxygen atoms in total. The summed E-state index contributed by atoms with van der Waals surface area (Å²) < 4.78 is 7.67. The number of ketones is 1. The van der Waals surface area contributed by atoms with Gasteiger partial charge in [0.15, 0.2) is 11.6 Å². The third-order valence-electron chi connectivity index (χ3n) is 3.62. The minimum Gasteiger partial charge on any atom is -0.485 e. The first-order valence-electron chi connectivity index (χ1n) is 6.94. The van der Waals surface area contributed by atoms with E-state index in [0.29, 0.717) is 13.0 Å². The molecule has 0 radical (unpaired) electrons. The average molecular weight is 271 g/mol. The summed E-state index contributed by atoms with van der Waals surface area (Å²) >= 11 is 0. The van der Waals surface area contributed by atoms with Gasteiger partial charge in [-0.3, -0.25) is 4.79 Å². The first-order valence-corrected chi connectivity index (χ1v) is 6.94. The maximum atomic E-state index is 11.9. The molecular formula is C15H17N3O2. The van der Waals surface area contributed by atoms with Gasteiger partial charge in [0.25, 0.3) is 0 Å². The highest BCUT2D eigenvalue weighted by molar-refractivity contribution is 5.99. The lowest BCUT2D eigenvalue weighted by molar-refractivity contribution is 0.0971. The third-order valence-corrected chi connectivity index (χ3v) is 3.62. The summed E-state index contributed by atoms with van der Waals surface area (Å²) in [5, 5.41) is 4.12. The second-order valence-electron chi connectivity index (χ2n) is 4.84. The van der Waals surface area contributed by atoms with E-state index in [1.54, 1.807) is 4.68 Å². The molecule has 1 aromatic heterocycles. The van der Waals surface area contributed by atoms with Crippen molar-refractivity contribution in [1.29, 1.82) is 0 Å². The van der Waals surface area contributed by atoms with Crippen molar-refractivity contribution in [2.45, 2.75) is 39.3 Å². The van der Waals surface area contributed by atoms with Crippen LogP contribution in [0.3, 0.4) is 0 Å². The van der Waals surface area contributed by atoms with Gasteiger partial charge in [-0.1, -0.05) is 12.1 Å². The van der Waals surface area contributed by atoms with Gasteiger partial charge in [-0.2, -0.15) is 5.10 Å². The Labute approximate surface area is 117 Å². The Morgan fingerprint density at radius 2 is 2.25 bits per heavy atom. The molecule has 1 aliphatic rings. The number of hydrogen-bond donors (Lipinski definition) is 0. The molecule has 0 saturated heterocycles. The molecule has 0 unspecified atom stereocenters. The number of Topliss-reactive ketones (excluding diaryl/α,β-unsaturated/α-hetero) is 1. The fraction of sp³-hybridized carbons (Fsp3) is 0.400. The lowest BCUT2D eigenvalue weighted by atomic mass is 9.90. The Hall–Kier alpha value is -2.17. The number of carbonyl (C=O) groups excluding carboxylic acids is 1. The van der Waals surface area contributed by atoms with Crippen LogP contribution in [0.25, 0.3) is 0 Å². The van der Waals surface area contributed by atoms with Crippen LogP contribution in [0.15, 0.2) is 24.5 Å². The Morgan fingerprint density at radius 3 is 3.10 bits per heavy atom. The second kappa shape index (κ2) is 5.45. The predicted molar refractivity (Wildman–Crippen MR) is 73.7 cm³/mol. The van der Waals surface area contributed by atoms with E-state index in [-0.39, 0.29) is 5.78 Å². The van der Waals surface area contributed by atoms with Gasteiger partial charge in [-0.05, 0) is 25.8 Å². The molecule has 0 spiro atoms. The first-order chi connectivity index (χ1) is 9.79. The molecule has 20 heavy (non-hydrogen) atoms. The Bertz CT molecular complexity index is 634. The largest absolute Gasteiger partial charge is 0.485 e. The number of aromatic nitrogens is 3. The van der Waals surface area contributed by atoms with Crippen molar-refractivity contribution >= 4 is 5.78 Å². The fourth-order valence-corrected chi connectivity index (χ4v) is 2.59. The molecule has 3 rings (SSSR count). The molecule has 0 atom stereocenters. The van der Waals surface area contributed by atoms with Gasteiger partial charge in [0.2, 0.25) is 0 Å². The molecule has 0 N–H and O–H groups in total. The van der Waals surface area contributed by atoms with E-state index in [0.717, 1.165) is 42.1 Å². The lowest BCUT2D eigenvalue weighted by Gasteiger charge is -2.18. The Kier molecular flexibility index (Phi) is 3.50. The van der Waals surface area contributed by atoms with E-state index in [9.17, 15) is 4.79 Å². The molecule has 1 heterocycles. The van der Waals surface area contributed by atoms with E-state index in [2.05, 4.69) is 10.1 Å². The van der Waals surface area contributed by atoms with E-state index in [1.165, 1.54) is 6.33 Å². The van der Waals surface area contributed by atoms with Gasteiger partial charge in [0.05, 0.1) is 0 Å². The maximum Gasteiger partial charge on any atom is 0.164 e. The van der Waals surface area contributed by atoms with Crippen LogP contribution >= 0.6 is 0 Å². The second-order valence-corrected chi connectivity index (χ2v) is 4.84. The zero-order valence-electron chi connectivity index (χ0n) is 11.5. The smallest absolute Gasteiger partial charge is 0.164 e. The average Bonchev–Trinajstić information content (AvgIpc) is 2.93. The molecule has 0 saturated carbocycles. The fourth-order valence-electron chi connectivity index (χ4n) is 2.59. The molecular weight excluding hydrogens is 254 g/mol. The molecule has 0 amide bonds. The summed E-state index contributed by atoms with van der Waals surface area (Å²) in [7, 11) is 0. The van der Waals surface area contributed by atoms with Crippen LogP contribution in [-0.2, 0) is 19.6 Å². The van der Waals surface area contributed by atoms with Crippen molar-refractivity contribution in [1.82, 2.24) is 14.8 Å². The Morgan fingerprint density at radius 1 is 1.35 bits per heavy atom. The maximum absolute atomic E-state index is 11.9. The van der Waals surface area contributed by atoms with Crippen LogP contribution < -0.4 is 4.74 Å². The number of nitrogens with zero attached hydrogens (tertiary/aromatic N) is 3. The minimum absolute atomic E-state index is 0.216. The van der Waals surface area contributed by atoms with Crippen molar-refractivity contribution in [2.75, 3.05) is 0 Å². The Balaban J connectivity index is 1.81. The van der Waals surface area contributed by atoms with Crippen molar-refractivity contribution in [3.8, 4) is 5.75 Å². The molecule has 0 aliphatic heterocycles. The van der Waals surface area contributed by atoms with Gasteiger partial charge in [0, 0.05) is 24.1 Å². The number of ether oxygens (including phenoxy) is 1. The quantitative estimate of drug-likeness (QED) is 0.856. The zero-order chi connectivity index (χ0) is 13.9. The van der Waals surface area contributed by atoms with Gasteiger partial charge >= 0.3 is 0 Å². The van der Waals surface area contributed by atoms with Crippen molar-refractivity contribution in [3.63, 3.8) is 0 Å². The molecule has 1 aliphatic carbocycles. The highest BCUT2D eigenvalue weighted by Crippen LogP contribution is 2.29. The SMILES string of the molecule is CCn1ncnc1COc1cccc2c1CCCC2=O. The predicted octanol–water partition coefficient (Wildman–Crippen LogP) is 2.40. The number of fused-ring (bicyclic) bond motifs is 1. The molecule has 1 aromatic carbocycles. The number of aryl methyl sites for hydroxylation is 1. The van der Waals surface area contributed by atoms with E-state index in [4.69, 9.17) is 4.74 Å². The lowest BCUT2D eigenvalue weighted by Crippen LogP contribution is -2.13. The highest BCUT2D eigenvalue weighted by atomic mass is 16.5. The summed E-state index contributed by atoms with van der Waals surface area (Å²) in [6, 6.07) is 5.68. The molecule has 0 fully saturated rings. The van der Waals surface area contributed by atoms with E-state index >= 15 is 0 Å². The number of hydrogen-bond acceptors (Lipinski definition) is 4. The van der Waals surface area contributed by atoms with E-state index < -0.39 is 0 Å². The zero-order valence-corrected chi connectivity index (χ0v) is 11.5. The normalized spacial score (nSPS) is 14.2. The molecule has 5 heteroatoms. The van der Waals surface area contributed by atoms with E-state index in [1.807, 2.05) is 25.1 Å². The van der Waals surface area contributed by atoms with Crippen molar-refractivity contribution in [3.05, 3.63) is 41.5 Å².